The Morgan fingerprint density at radius 1 is 1.21 bits per heavy atom. The Morgan fingerprint density at radius 3 is 2.95 bits per heavy atom. The highest BCUT2D eigenvalue weighted by atomic mass is 32.2. The molecule has 19 heavy (non-hydrogen) atoms. The Labute approximate surface area is 117 Å². The summed E-state index contributed by atoms with van der Waals surface area (Å²) in [6.45, 7) is 1.98. The van der Waals surface area contributed by atoms with E-state index < -0.39 is 0 Å². The summed E-state index contributed by atoms with van der Waals surface area (Å²) in [6.07, 6.45) is 1.02. The van der Waals surface area contributed by atoms with Crippen LogP contribution in [-0.2, 0) is 0 Å². The molecule has 1 N–H and O–H groups in total. The highest BCUT2D eigenvalue weighted by Gasteiger charge is 2.20. The van der Waals surface area contributed by atoms with E-state index in [4.69, 9.17) is 0 Å². The van der Waals surface area contributed by atoms with Gasteiger partial charge in [-0.05, 0) is 42.7 Å². The monoisotopic (exact) mass is 273 g/mol. The molecule has 0 aromatic heterocycles. The Bertz CT molecular complexity index is 597. The van der Waals surface area contributed by atoms with Gasteiger partial charge in [-0.2, -0.15) is 0 Å². The lowest BCUT2D eigenvalue weighted by molar-refractivity contribution is 0.622. The Hall–Kier alpha value is -1.48. The predicted octanol–water partition coefficient (Wildman–Crippen LogP) is 4.78. The molecule has 0 fully saturated rings. The van der Waals surface area contributed by atoms with Crippen molar-refractivity contribution in [1.82, 2.24) is 0 Å². The van der Waals surface area contributed by atoms with Crippen molar-refractivity contribution < 1.29 is 4.39 Å². The van der Waals surface area contributed by atoms with Gasteiger partial charge in [0, 0.05) is 10.6 Å². The summed E-state index contributed by atoms with van der Waals surface area (Å²) in [7, 11) is 0. The van der Waals surface area contributed by atoms with Crippen LogP contribution in [0.25, 0.3) is 0 Å². The molecule has 1 aliphatic heterocycles. The van der Waals surface area contributed by atoms with Crippen molar-refractivity contribution in [3.8, 4) is 0 Å². The standard InChI is InChI=1S/C16H16FNS/c1-11-6-7-13(17)15(10-11)18-14-8-9-19-16-5-3-2-4-12(14)16/h2-7,10,14,18H,8-9H2,1H3. The van der Waals surface area contributed by atoms with Gasteiger partial charge in [-0.1, -0.05) is 24.3 Å². The first kappa shape index (κ1) is 12.5. The maximum absolute atomic E-state index is 13.8. The smallest absolute Gasteiger partial charge is 0.146 e. The third kappa shape index (κ3) is 2.61. The average molecular weight is 273 g/mol. The van der Waals surface area contributed by atoms with Gasteiger partial charge in [-0.25, -0.2) is 4.39 Å². The van der Waals surface area contributed by atoms with Crippen LogP contribution in [0.5, 0.6) is 0 Å². The van der Waals surface area contributed by atoms with Crippen LogP contribution in [0.1, 0.15) is 23.6 Å². The van der Waals surface area contributed by atoms with E-state index in [2.05, 4.69) is 23.5 Å². The zero-order valence-corrected chi connectivity index (χ0v) is 11.6. The molecule has 0 aliphatic carbocycles. The fourth-order valence-corrected chi connectivity index (χ4v) is 3.55. The van der Waals surface area contributed by atoms with Crippen LogP contribution in [0.2, 0.25) is 0 Å². The van der Waals surface area contributed by atoms with Gasteiger partial charge in [0.05, 0.1) is 11.7 Å². The lowest BCUT2D eigenvalue weighted by atomic mass is 10.0. The minimum atomic E-state index is -0.179. The second kappa shape index (κ2) is 5.25. The lowest BCUT2D eigenvalue weighted by Crippen LogP contribution is -2.16. The number of hydrogen-bond donors (Lipinski definition) is 1. The van der Waals surface area contributed by atoms with Crippen LogP contribution in [0.15, 0.2) is 47.4 Å². The number of thioether (sulfide) groups is 1. The fraction of sp³-hybridized carbons (Fsp3) is 0.250. The molecule has 0 saturated heterocycles. The van der Waals surface area contributed by atoms with Crippen molar-refractivity contribution in [2.24, 2.45) is 0 Å². The fourth-order valence-electron chi connectivity index (χ4n) is 2.43. The first-order chi connectivity index (χ1) is 9.24. The first-order valence-electron chi connectivity index (χ1n) is 6.48. The molecule has 1 nitrogen and oxygen atoms in total. The van der Waals surface area contributed by atoms with Gasteiger partial charge in [0.15, 0.2) is 0 Å². The number of hydrogen-bond acceptors (Lipinski definition) is 2. The number of anilines is 1. The molecule has 1 atom stereocenters. The molecule has 3 heteroatoms. The minimum Gasteiger partial charge on any atom is -0.376 e. The van der Waals surface area contributed by atoms with Gasteiger partial charge in [-0.15, -0.1) is 11.8 Å². The zero-order valence-electron chi connectivity index (χ0n) is 10.8. The molecule has 0 spiro atoms. The molecular weight excluding hydrogens is 257 g/mol. The number of aryl methyl sites for hydroxylation is 1. The molecule has 3 rings (SSSR count). The highest BCUT2D eigenvalue weighted by Crippen LogP contribution is 2.38. The first-order valence-corrected chi connectivity index (χ1v) is 7.47. The summed E-state index contributed by atoms with van der Waals surface area (Å²) < 4.78 is 13.8. The highest BCUT2D eigenvalue weighted by molar-refractivity contribution is 7.99. The summed E-state index contributed by atoms with van der Waals surface area (Å²) in [4.78, 5) is 1.30. The van der Waals surface area contributed by atoms with E-state index in [1.807, 2.05) is 30.8 Å². The SMILES string of the molecule is Cc1ccc(F)c(NC2CCSc3ccccc32)c1. The van der Waals surface area contributed by atoms with E-state index in [-0.39, 0.29) is 11.9 Å². The molecule has 1 unspecified atom stereocenters. The molecule has 0 saturated carbocycles. The van der Waals surface area contributed by atoms with Gasteiger partial charge < -0.3 is 5.32 Å². The maximum Gasteiger partial charge on any atom is 0.146 e. The van der Waals surface area contributed by atoms with Crippen LogP contribution >= 0.6 is 11.8 Å². The Balaban J connectivity index is 1.90. The third-order valence-electron chi connectivity index (χ3n) is 3.41. The molecule has 0 radical (unpaired) electrons. The van der Waals surface area contributed by atoms with Crippen molar-refractivity contribution in [2.45, 2.75) is 24.3 Å². The van der Waals surface area contributed by atoms with Gasteiger partial charge in [-0.3, -0.25) is 0 Å². The molecule has 1 aliphatic rings. The van der Waals surface area contributed by atoms with Crippen LogP contribution in [0, 0.1) is 12.7 Å². The summed E-state index contributed by atoms with van der Waals surface area (Å²) in [5.74, 6) is 0.892. The van der Waals surface area contributed by atoms with Gasteiger partial charge in [0.1, 0.15) is 5.82 Å². The largest absolute Gasteiger partial charge is 0.376 e. The topological polar surface area (TPSA) is 12.0 Å². The van der Waals surface area contributed by atoms with E-state index in [0.29, 0.717) is 5.69 Å². The molecular formula is C16H16FNS. The molecule has 2 aromatic rings. The molecule has 0 amide bonds. The second-order valence-electron chi connectivity index (χ2n) is 4.86. The Morgan fingerprint density at radius 2 is 2.05 bits per heavy atom. The number of rotatable bonds is 2. The Kier molecular flexibility index (Phi) is 3.47. The quantitative estimate of drug-likeness (QED) is 0.844. The molecule has 2 aromatic carbocycles. The second-order valence-corrected chi connectivity index (χ2v) is 5.99. The van der Waals surface area contributed by atoms with E-state index in [9.17, 15) is 4.39 Å². The maximum atomic E-state index is 13.8. The minimum absolute atomic E-state index is 0.179. The average Bonchev–Trinajstić information content (AvgIpc) is 2.43. The summed E-state index contributed by atoms with van der Waals surface area (Å²) in [5, 5.41) is 3.36. The van der Waals surface area contributed by atoms with Crippen molar-refractivity contribution in [3.63, 3.8) is 0 Å². The molecule has 98 valence electrons. The number of halogens is 1. The van der Waals surface area contributed by atoms with E-state index in [1.54, 1.807) is 6.07 Å². The van der Waals surface area contributed by atoms with Crippen LogP contribution in [-0.4, -0.2) is 5.75 Å². The normalized spacial score (nSPS) is 17.9. The van der Waals surface area contributed by atoms with Crippen LogP contribution in [0.4, 0.5) is 10.1 Å². The summed E-state index contributed by atoms with van der Waals surface area (Å²) >= 11 is 1.88. The van der Waals surface area contributed by atoms with Gasteiger partial charge >= 0.3 is 0 Å². The van der Waals surface area contributed by atoms with Crippen LogP contribution in [0.3, 0.4) is 0 Å². The zero-order chi connectivity index (χ0) is 13.2. The van der Waals surface area contributed by atoms with E-state index >= 15 is 0 Å². The number of benzene rings is 2. The number of nitrogens with one attached hydrogen (secondary N) is 1. The molecule has 0 bridgehead atoms. The van der Waals surface area contributed by atoms with Crippen molar-refractivity contribution in [2.75, 3.05) is 11.1 Å². The van der Waals surface area contributed by atoms with E-state index in [0.717, 1.165) is 17.7 Å². The van der Waals surface area contributed by atoms with Gasteiger partial charge in [0.2, 0.25) is 0 Å². The van der Waals surface area contributed by atoms with Crippen molar-refractivity contribution in [3.05, 3.63) is 59.4 Å². The number of fused-ring (bicyclic) bond motifs is 1. The predicted molar refractivity (Wildman–Crippen MR) is 79.3 cm³/mol. The summed E-state index contributed by atoms with van der Waals surface area (Å²) in [5.41, 5.74) is 2.95. The lowest BCUT2D eigenvalue weighted by Gasteiger charge is -2.27. The van der Waals surface area contributed by atoms with E-state index in [1.165, 1.54) is 16.5 Å². The van der Waals surface area contributed by atoms with Crippen molar-refractivity contribution in [1.29, 1.82) is 0 Å². The summed E-state index contributed by atoms with van der Waals surface area (Å²) in [6, 6.07) is 13.8. The van der Waals surface area contributed by atoms with Gasteiger partial charge in [0.25, 0.3) is 0 Å². The third-order valence-corrected chi connectivity index (χ3v) is 4.53. The van der Waals surface area contributed by atoms with Crippen molar-refractivity contribution >= 4 is 17.4 Å². The van der Waals surface area contributed by atoms with Crippen LogP contribution < -0.4 is 5.32 Å². The molecule has 1 heterocycles.